The molecule has 0 aromatic rings. The highest BCUT2D eigenvalue weighted by molar-refractivity contribution is 5.84. The van der Waals surface area contributed by atoms with Crippen LogP contribution in [-0.4, -0.2) is 54.2 Å². The average molecular weight is 252 g/mol. The molecule has 0 aromatic carbocycles. The van der Waals surface area contributed by atoms with Crippen molar-refractivity contribution in [2.75, 3.05) is 32.7 Å². The fourth-order valence-electron chi connectivity index (χ4n) is 2.92. The van der Waals surface area contributed by atoms with E-state index in [0.717, 1.165) is 19.0 Å². The smallest absolute Gasteiger partial charge is 0.236 e. The Labute approximate surface area is 109 Å². The van der Waals surface area contributed by atoms with Crippen LogP contribution in [0.2, 0.25) is 0 Å². The van der Waals surface area contributed by atoms with E-state index < -0.39 is 0 Å². The highest BCUT2D eigenvalue weighted by Gasteiger charge is 2.25. The molecule has 2 aliphatic heterocycles. The van der Waals surface area contributed by atoms with Gasteiger partial charge < -0.3 is 4.90 Å². The number of ketones is 1. The summed E-state index contributed by atoms with van der Waals surface area (Å²) in [5, 5.41) is 0. The number of carbonyl (C=O) groups is 2. The van der Waals surface area contributed by atoms with E-state index in [1.54, 1.807) is 0 Å². The lowest BCUT2D eigenvalue weighted by atomic mass is 9.96. The van der Waals surface area contributed by atoms with Gasteiger partial charge in [-0.3, -0.25) is 14.5 Å². The van der Waals surface area contributed by atoms with Crippen LogP contribution in [0.15, 0.2) is 0 Å². The maximum Gasteiger partial charge on any atom is 0.236 e. The molecule has 1 unspecified atom stereocenters. The topological polar surface area (TPSA) is 40.6 Å². The molecule has 4 nitrogen and oxygen atoms in total. The minimum Gasteiger partial charge on any atom is -0.341 e. The number of hydrogen-bond acceptors (Lipinski definition) is 3. The van der Waals surface area contributed by atoms with Crippen molar-refractivity contribution in [3.8, 4) is 0 Å². The molecule has 0 bridgehead atoms. The van der Waals surface area contributed by atoms with Gasteiger partial charge in [-0.2, -0.15) is 0 Å². The Morgan fingerprint density at radius 3 is 2.67 bits per heavy atom. The summed E-state index contributed by atoms with van der Waals surface area (Å²) in [6.07, 6.45) is 4.82. The molecule has 2 rings (SSSR count). The predicted octanol–water partition coefficient (Wildman–Crippen LogP) is 1.30. The number of nitrogens with zero attached hydrogens (tertiary/aromatic N) is 2. The second-order valence-corrected chi connectivity index (χ2v) is 5.57. The first-order chi connectivity index (χ1) is 8.69. The monoisotopic (exact) mass is 252 g/mol. The molecule has 2 aliphatic rings. The van der Waals surface area contributed by atoms with Gasteiger partial charge in [-0.05, 0) is 25.3 Å². The Morgan fingerprint density at radius 1 is 1.28 bits per heavy atom. The molecule has 1 amide bonds. The molecule has 0 aliphatic carbocycles. The van der Waals surface area contributed by atoms with Crippen molar-refractivity contribution < 1.29 is 9.59 Å². The Hall–Kier alpha value is -0.900. The molecular weight excluding hydrogens is 228 g/mol. The van der Waals surface area contributed by atoms with Crippen LogP contribution >= 0.6 is 0 Å². The molecule has 102 valence electrons. The first-order valence-corrected chi connectivity index (χ1v) is 7.21. The number of Topliss-reactive ketones (excluding diaryl/α,β-unsaturated/α-hetero) is 1. The van der Waals surface area contributed by atoms with Gasteiger partial charge in [-0.15, -0.1) is 0 Å². The van der Waals surface area contributed by atoms with Crippen LogP contribution in [0, 0.1) is 5.92 Å². The summed E-state index contributed by atoms with van der Waals surface area (Å²) in [5.74, 6) is 1.26. The molecule has 0 spiro atoms. The molecular formula is C14H24N2O2. The summed E-state index contributed by atoms with van der Waals surface area (Å²) in [7, 11) is 0. The number of likely N-dealkylation sites (tertiary alicyclic amines) is 2. The average Bonchev–Trinajstić information content (AvgIpc) is 2.39. The van der Waals surface area contributed by atoms with Gasteiger partial charge in [0.25, 0.3) is 0 Å². The van der Waals surface area contributed by atoms with E-state index in [4.69, 9.17) is 0 Å². The summed E-state index contributed by atoms with van der Waals surface area (Å²) in [6.45, 7) is 6.15. The van der Waals surface area contributed by atoms with Crippen molar-refractivity contribution in [3.05, 3.63) is 0 Å². The number of hydrogen-bond donors (Lipinski definition) is 0. The normalized spacial score (nSPS) is 26.4. The predicted molar refractivity (Wildman–Crippen MR) is 70.3 cm³/mol. The quantitative estimate of drug-likeness (QED) is 0.760. The highest BCUT2D eigenvalue weighted by atomic mass is 16.2. The zero-order chi connectivity index (χ0) is 13.0. The van der Waals surface area contributed by atoms with E-state index in [1.165, 1.54) is 19.3 Å². The van der Waals surface area contributed by atoms with Crippen molar-refractivity contribution in [1.82, 2.24) is 9.80 Å². The largest absolute Gasteiger partial charge is 0.341 e. The fourth-order valence-corrected chi connectivity index (χ4v) is 2.92. The van der Waals surface area contributed by atoms with Gasteiger partial charge in [0.2, 0.25) is 5.91 Å². The van der Waals surface area contributed by atoms with E-state index in [9.17, 15) is 9.59 Å². The third-order valence-corrected chi connectivity index (χ3v) is 4.21. The van der Waals surface area contributed by atoms with Gasteiger partial charge in [-0.25, -0.2) is 0 Å². The minimum absolute atomic E-state index is 0.208. The van der Waals surface area contributed by atoms with E-state index in [0.29, 0.717) is 38.3 Å². The van der Waals surface area contributed by atoms with Crippen LogP contribution in [0.3, 0.4) is 0 Å². The van der Waals surface area contributed by atoms with Crippen molar-refractivity contribution in [1.29, 1.82) is 0 Å². The lowest BCUT2D eigenvalue weighted by Gasteiger charge is -2.34. The molecule has 0 radical (unpaired) electrons. The van der Waals surface area contributed by atoms with Crippen molar-refractivity contribution in [2.24, 2.45) is 5.92 Å². The van der Waals surface area contributed by atoms with Crippen molar-refractivity contribution >= 4 is 11.7 Å². The lowest BCUT2D eigenvalue weighted by molar-refractivity contribution is -0.135. The van der Waals surface area contributed by atoms with Gasteiger partial charge in [0.1, 0.15) is 5.78 Å². The first kappa shape index (κ1) is 13.5. The lowest BCUT2D eigenvalue weighted by Crippen LogP contribution is -2.46. The number of amides is 1. The zero-order valence-electron chi connectivity index (χ0n) is 11.4. The Kier molecular flexibility index (Phi) is 4.75. The van der Waals surface area contributed by atoms with Crippen LogP contribution in [0.5, 0.6) is 0 Å². The fraction of sp³-hybridized carbons (Fsp3) is 0.857. The third kappa shape index (κ3) is 3.55. The van der Waals surface area contributed by atoms with E-state index >= 15 is 0 Å². The third-order valence-electron chi connectivity index (χ3n) is 4.21. The van der Waals surface area contributed by atoms with Crippen molar-refractivity contribution in [2.45, 2.75) is 39.0 Å². The molecule has 0 saturated carbocycles. The minimum atomic E-state index is 0.208. The summed E-state index contributed by atoms with van der Waals surface area (Å²) < 4.78 is 0. The summed E-state index contributed by atoms with van der Waals surface area (Å²) >= 11 is 0. The second-order valence-electron chi connectivity index (χ2n) is 5.57. The van der Waals surface area contributed by atoms with Gasteiger partial charge in [0, 0.05) is 32.5 Å². The second kappa shape index (κ2) is 6.32. The van der Waals surface area contributed by atoms with Crippen LogP contribution in [0.1, 0.15) is 39.0 Å². The van der Waals surface area contributed by atoms with E-state index in [-0.39, 0.29) is 5.91 Å². The summed E-state index contributed by atoms with van der Waals surface area (Å²) in [4.78, 5) is 27.4. The highest BCUT2D eigenvalue weighted by Crippen LogP contribution is 2.19. The van der Waals surface area contributed by atoms with Crippen LogP contribution in [-0.2, 0) is 9.59 Å². The van der Waals surface area contributed by atoms with Crippen LogP contribution in [0.25, 0.3) is 0 Å². The molecule has 18 heavy (non-hydrogen) atoms. The molecule has 2 heterocycles. The molecule has 1 atom stereocenters. The SMILES string of the molecule is CCC1CCCN(CC(=O)N2CCC(=O)CC2)C1. The maximum absolute atomic E-state index is 12.1. The van der Waals surface area contributed by atoms with Gasteiger partial charge in [0.05, 0.1) is 6.54 Å². The molecule has 2 fully saturated rings. The molecule has 0 N–H and O–H groups in total. The van der Waals surface area contributed by atoms with Gasteiger partial charge in [-0.1, -0.05) is 13.3 Å². The maximum atomic E-state index is 12.1. The molecule has 4 heteroatoms. The molecule has 0 aromatic heterocycles. The Bertz CT molecular complexity index is 307. The van der Waals surface area contributed by atoms with Crippen LogP contribution < -0.4 is 0 Å². The zero-order valence-corrected chi connectivity index (χ0v) is 11.4. The van der Waals surface area contributed by atoms with Gasteiger partial charge >= 0.3 is 0 Å². The van der Waals surface area contributed by atoms with Crippen molar-refractivity contribution in [3.63, 3.8) is 0 Å². The first-order valence-electron chi connectivity index (χ1n) is 7.21. The Morgan fingerprint density at radius 2 is 2.00 bits per heavy atom. The molecule has 2 saturated heterocycles. The summed E-state index contributed by atoms with van der Waals surface area (Å²) in [6, 6.07) is 0. The number of rotatable bonds is 3. The Balaban J connectivity index is 1.78. The van der Waals surface area contributed by atoms with E-state index in [2.05, 4.69) is 11.8 Å². The number of piperidine rings is 2. The summed E-state index contributed by atoms with van der Waals surface area (Å²) in [5.41, 5.74) is 0. The van der Waals surface area contributed by atoms with Crippen LogP contribution in [0.4, 0.5) is 0 Å². The van der Waals surface area contributed by atoms with E-state index in [1.807, 2.05) is 4.90 Å². The van der Waals surface area contributed by atoms with Gasteiger partial charge in [0.15, 0.2) is 0 Å². The number of carbonyl (C=O) groups excluding carboxylic acids is 2. The standard InChI is InChI=1S/C14H24N2O2/c1-2-12-4-3-7-15(10-12)11-14(18)16-8-5-13(17)6-9-16/h12H,2-11H2,1H3.